The van der Waals surface area contributed by atoms with Crippen molar-refractivity contribution >= 4 is 28.9 Å². The number of esters is 3. The zero-order valence-electron chi connectivity index (χ0n) is 16.4. The van der Waals surface area contributed by atoms with E-state index in [0.717, 1.165) is 5.39 Å². The van der Waals surface area contributed by atoms with Gasteiger partial charge in [-0.1, -0.05) is 0 Å². The molecule has 2 aromatic rings. The van der Waals surface area contributed by atoms with Gasteiger partial charge in [-0.25, -0.2) is 9.97 Å². The lowest BCUT2D eigenvalue weighted by atomic mass is 9.95. The van der Waals surface area contributed by atoms with Crippen molar-refractivity contribution in [2.75, 3.05) is 6.61 Å². The molecule has 1 aliphatic heterocycles. The van der Waals surface area contributed by atoms with E-state index in [-0.39, 0.29) is 13.0 Å². The van der Waals surface area contributed by atoms with Gasteiger partial charge in [0.15, 0.2) is 24.0 Å². The summed E-state index contributed by atoms with van der Waals surface area (Å²) in [7, 11) is 0. The van der Waals surface area contributed by atoms with E-state index >= 15 is 0 Å². The second-order valence-corrected chi connectivity index (χ2v) is 6.72. The number of rotatable bonds is 5. The predicted molar refractivity (Wildman–Crippen MR) is 99.6 cm³/mol. The van der Waals surface area contributed by atoms with Crippen LogP contribution in [0.5, 0.6) is 0 Å². The van der Waals surface area contributed by atoms with Crippen LogP contribution in [0.15, 0.2) is 30.5 Å². The van der Waals surface area contributed by atoms with Crippen LogP contribution < -0.4 is 0 Å². The Bertz CT molecular complexity index is 917. The molecule has 0 aromatic carbocycles. The van der Waals surface area contributed by atoms with Crippen molar-refractivity contribution in [1.29, 1.82) is 0 Å². The van der Waals surface area contributed by atoms with E-state index in [4.69, 9.17) is 18.9 Å². The zero-order valence-corrected chi connectivity index (χ0v) is 16.4. The molecule has 0 saturated carbocycles. The largest absolute Gasteiger partial charge is 0.456 e. The van der Waals surface area contributed by atoms with E-state index in [1.54, 1.807) is 6.20 Å². The minimum atomic E-state index is -0.988. The Morgan fingerprint density at radius 1 is 1.00 bits per heavy atom. The summed E-state index contributed by atoms with van der Waals surface area (Å²) < 4.78 is 21.8. The van der Waals surface area contributed by atoms with Crippen LogP contribution in [-0.2, 0) is 39.8 Å². The Hall–Kier alpha value is -3.07. The molecule has 0 amide bonds. The Morgan fingerprint density at radius 2 is 1.69 bits per heavy atom. The first-order valence-electron chi connectivity index (χ1n) is 9.17. The topological polar surface area (TPSA) is 114 Å². The van der Waals surface area contributed by atoms with Gasteiger partial charge in [0.2, 0.25) is 0 Å². The van der Waals surface area contributed by atoms with Gasteiger partial charge in [-0.05, 0) is 24.3 Å². The highest BCUT2D eigenvalue weighted by atomic mass is 16.6. The predicted octanol–water partition coefficient (Wildman–Crippen LogP) is 1.37. The fourth-order valence-electron chi connectivity index (χ4n) is 3.30. The molecule has 3 heterocycles. The minimum absolute atomic E-state index is 0.00815. The third-order valence-corrected chi connectivity index (χ3v) is 4.38. The monoisotopic (exact) mass is 402 g/mol. The molecule has 154 valence electrons. The van der Waals surface area contributed by atoms with E-state index in [0.29, 0.717) is 11.3 Å². The highest BCUT2D eigenvalue weighted by Crippen LogP contribution is 2.26. The fourth-order valence-corrected chi connectivity index (χ4v) is 3.30. The number of hydrogen-bond acceptors (Lipinski definition) is 9. The molecule has 1 fully saturated rings. The van der Waals surface area contributed by atoms with Crippen LogP contribution in [0.25, 0.3) is 11.0 Å². The maximum absolute atomic E-state index is 11.7. The van der Waals surface area contributed by atoms with Crippen LogP contribution in [0.4, 0.5) is 0 Å². The summed E-state index contributed by atoms with van der Waals surface area (Å²) in [5, 5.41) is 0.894. The van der Waals surface area contributed by atoms with Gasteiger partial charge >= 0.3 is 17.9 Å². The van der Waals surface area contributed by atoms with Crippen molar-refractivity contribution < 1.29 is 33.3 Å². The number of ether oxygens (including phenoxy) is 4. The molecule has 0 spiro atoms. The Morgan fingerprint density at radius 3 is 2.38 bits per heavy atom. The lowest BCUT2D eigenvalue weighted by Crippen LogP contribution is -2.58. The Balaban J connectivity index is 1.87. The summed E-state index contributed by atoms with van der Waals surface area (Å²) in [4.78, 5) is 43.5. The lowest BCUT2D eigenvalue weighted by molar-refractivity contribution is -0.225. The summed E-state index contributed by atoms with van der Waals surface area (Å²) in [6.45, 7) is 3.71. The Labute approximate surface area is 167 Å². The molecule has 0 unspecified atom stereocenters. The molecular formula is C20H22N2O7. The van der Waals surface area contributed by atoms with Crippen LogP contribution in [0.1, 0.15) is 26.5 Å². The molecule has 1 saturated heterocycles. The minimum Gasteiger partial charge on any atom is -0.456 e. The van der Waals surface area contributed by atoms with Gasteiger partial charge in [-0.15, -0.1) is 0 Å². The van der Waals surface area contributed by atoms with E-state index in [1.165, 1.54) is 20.8 Å². The van der Waals surface area contributed by atoms with Crippen molar-refractivity contribution in [3.05, 3.63) is 36.2 Å². The van der Waals surface area contributed by atoms with Crippen molar-refractivity contribution in [3.63, 3.8) is 0 Å². The SMILES string of the molecule is CC(=O)O[C@@H]1[C@@H](OC(C)=O)[C@H](OC(C)=O)CO[C@H]1Cc1ccc2cccnc2n1. The van der Waals surface area contributed by atoms with Crippen molar-refractivity contribution in [1.82, 2.24) is 9.97 Å². The van der Waals surface area contributed by atoms with Crippen LogP contribution in [-0.4, -0.2) is 58.9 Å². The smallest absolute Gasteiger partial charge is 0.303 e. The number of pyridine rings is 2. The second kappa shape index (κ2) is 8.95. The Kier molecular flexibility index (Phi) is 6.38. The molecule has 9 heteroatoms. The molecular weight excluding hydrogens is 380 g/mol. The maximum atomic E-state index is 11.7. The molecule has 0 aliphatic carbocycles. The number of hydrogen-bond donors (Lipinski definition) is 0. The number of fused-ring (bicyclic) bond motifs is 1. The van der Waals surface area contributed by atoms with Gasteiger partial charge < -0.3 is 18.9 Å². The van der Waals surface area contributed by atoms with Gasteiger partial charge in [0.05, 0.1) is 6.61 Å². The average Bonchev–Trinajstić information content (AvgIpc) is 2.65. The summed E-state index contributed by atoms with van der Waals surface area (Å²) in [5.74, 6) is -1.71. The van der Waals surface area contributed by atoms with Crippen LogP contribution in [0.2, 0.25) is 0 Å². The van der Waals surface area contributed by atoms with Gasteiger partial charge in [0.1, 0.15) is 6.10 Å². The van der Waals surface area contributed by atoms with Crippen LogP contribution in [0.3, 0.4) is 0 Å². The first kappa shape index (κ1) is 20.7. The first-order valence-corrected chi connectivity index (χ1v) is 9.17. The number of aromatic nitrogens is 2. The standard InChI is InChI=1S/C20H22N2O7/c1-11(23)27-17-10-26-16(18(28-12(2)24)19(17)29-13(3)25)9-15-7-6-14-5-4-8-21-20(14)22-15/h4-8,16-19H,9-10H2,1-3H3/t16-,17+,18-,19-/m0/s1. The molecule has 3 rings (SSSR count). The molecule has 0 N–H and O–H groups in total. The molecule has 29 heavy (non-hydrogen) atoms. The summed E-state index contributed by atoms with van der Waals surface area (Å²) in [6.07, 6.45) is -1.55. The maximum Gasteiger partial charge on any atom is 0.303 e. The molecule has 1 aliphatic rings. The number of nitrogens with zero attached hydrogens (tertiary/aromatic N) is 2. The van der Waals surface area contributed by atoms with Gasteiger partial charge in [-0.3, -0.25) is 14.4 Å². The summed E-state index contributed by atoms with van der Waals surface area (Å²) >= 11 is 0. The average molecular weight is 402 g/mol. The molecule has 4 atom stereocenters. The van der Waals surface area contributed by atoms with Gasteiger partial charge in [0, 0.05) is 44.5 Å². The van der Waals surface area contributed by atoms with E-state index < -0.39 is 42.3 Å². The molecule has 9 nitrogen and oxygen atoms in total. The van der Waals surface area contributed by atoms with E-state index in [1.807, 2.05) is 24.3 Å². The summed E-state index contributed by atoms with van der Waals surface area (Å²) in [5.41, 5.74) is 1.25. The van der Waals surface area contributed by atoms with E-state index in [2.05, 4.69) is 9.97 Å². The normalized spacial score (nSPS) is 24.0. The van der Waals surface area contributed by atoms with Crippen molar-refractivity contribution in [3.8, 4) is 0 Å². The first-order chi connectivity index (χ1) is 13.8. The van der Waals surface area contributed by atoms with Crippen LogP contribution in [0, 0.1) is 0 Å². The fraction of sp³-hybridized carbons (Fsp3) is 0.450. The molecule has 2 aromatic heterocycles. The van der Waals surface area contributed by atoms with Crippen molar-refractivity contribution in [2.45, 2.75) is 51.6 Å². The number of carbonyl (C=O) groups is 3. The second-order valence-electron chi connectivity index (χ2n) is 6.72. The third-order valence-electron chi connectivity index (χ3n) is 4.38. The molecule has 0 radical (unpaired) electrons. The number of carbonyl (C=O) groups excluding carboxylic acids is 3. The van der Waals surface area contributed by atoms with E-state index in [9.17, 15) is 14.4 Å². The highest BCUT2D eigenvalue weighted by Gasteiger charge is 2.46. The zero-order chi connectivity index (χ0) is 21.0. The lowest BCUT2D eigenvalue weighted by Gasteiger charge is -2.40. The quantitative estimate of drug-likeness (QED) is 0.540. The van der Waals surface area contributed by atoms with Crippen LogP contribution >= 0.6 is 0 Å². The summed E-state index contributed by atoms with van der Waals surface area (Å²) in [6, 6.07) is 7.44. The molecule has 0 bridgehead atoms. The third kappa shape index (κ3) is 5.26. The van der Waals surface area contributed by atoms with Gasteiger partial charge in [-0.2, -0.15) is 0 Å². The highest BCUT2D eigenvalue weighted by molar-refractivity contribution is 5.74. The van der Waals surface area contributed by atoms with Gasteiger partial charge in [0.25, 0.3) is 0 Å². The van der Waals surface area contributed by atoms with Crippen molar-refractivity contribution in [2.24, 2.45) is 0 Å².